The number of aliphatic carboxylic acids is 1. The van der Waals surface area contributed by atoms with E-state index in [9.17, 15) is 4.79 Å². The van der Waals surface area contributed by atoms with Crippen molar-refractivity contribution >= 4 is 11.6 Å². The van der Waals surface area contributed by atoms with Gasteiger partial charge in [0, 0.05) is 30.3 Å². The second kappa shape index (κ2) is 5.82. The van der Waals surface area contributed by atoms with E-state index >= 15 is 0 Å². The normalized spacial score (nSPS) is 11.3. The van der Waals surface area contributed by atoms with E-state index in [4.69, 9.17) is 5.11 Å². The van der Waals surface area contributed by atoms with Gasteiger partial charge in [0.25, 0.3) is 0 Å². The minimum absolute atomic E-state index is 0.116. The van der Waals surface area contributed by atoms with Crippen molar-refractivity contribution in [2.24, 2.45) is 0 Å². The van der Waals surface area contributed by atoms with Gasteiger partial charge >= 0.3 is 5.97 Å². The Bertz CT molecular complexity index is 573. The molecular formula is C14H19N3O2. The van der Waals surface area contributed by atoms with Crippen molar-refractivity contribution in [3.8, 4) is 0 Å². The van der Waals surface area contributed by atoms with Crippen molar-refractivity contribution in [1.82, 2.24) is 14.6 Å². The van der Waals surface area contributed by atoms with Crippen LogP contribution in [0.15, 0.2) is 18.5 Å². The van der Waals surface area contributed by atoms with Crippen LogP contribution in [0.2, 0.25) is 0 Å². The lowest BCUT2D eigenvalue weighted by molar-refractivity contribution is -0.136. The number of hydrogen-bond acceptors (Lipinski definition) is 3. The minimum Gasteiger partial charge on any atom is -0.481 e. The van der Waals surface area contributed by atoms with E-state index in [1.807, 2.05) is 12.3 Å². The van der Waals surface area contributed by atoms with Crippen LogP contribution in [0.4, 0.5) is 0 Å². The SMILES string of the molecule is CCC(CC)c1nn2cccnc2c1CCC(=O)O. The van der Waals surface area contributed by atoms with Gasteiger partial charge in [0.05, 0.1) is 5.69 Å². The highest BCUT2D eigenvalue weighted by Gasteiger charge is 2.20. The molecule has 0 aromatic carbocycles. The molecule has 0 spiro atoms. The van der Waals surface area contributed by atoms with Gasteiger partial charge in [0.1, 0.15) is 0 Å². The van der Waals surface area contributed by atoms with Crippen molar-refractivity contribution in [3.63, 3.8) is 0 Å². The summed E-state index contributed by atoms with van der Waals surface area (Å²) in [6.45, 7) is 4.26. The molecule has 5 nitrogen and oxygen atoms in total. The Morgan fingerprint density at radius 1 is 1.42 bits per heavy atom. The Kier molecular flexibility index (Phi) is 4.14. The zero-order chi connectivity index (χ0) is 13.8. The number of carbonyl (C=O) groups is 1. The summed E-state index contributed by atoms with van der Waals surface area (Å²) in [5.41, 5.74) is 2.77. The maximum Gasteiger partial charge on any atom is 0.303 e. The Labute approximate surface area is 112 Å². The van der Waals surface area contributed by atoms with Crippen LogP contribution in [-0.2, 0) is 11.2 Å². The molecule has 2 aromatic heterocycles. The topological polar surface area (TPSA) is 67.5 Å². The van der Waals surface area contributed by atoms with Gasteiger partial charge in [-0.3, -0.25) is 4.79 Å². The quantitative estimate of drug-likeness (QED) is 0.868. The average molecular weight is 261 g/mol. The maximum atomic E-state index is 10.8. The predicted octanol–water partition coefficient (Wildman–Crippen LogP) is 2.65. The van der Waals surface area contributed by atoms with E-state index < -0.39 is 5.97 Å². The third-order valence-corrected chi connectivity index (χ3v) is 3.48. The molecule has 0 radical (unpaired) electrons. The standard InChI is InChI=1S/C14H19N3O2/c1-3-10(4-2)13-11(6-7-12(18)19)14-15-8-5-9-17(14)16-13/h5,8-10H,3-4,6-7H2,1-2H3,(H,18,19). The van der Waals surface area contributed by atoms with Crippen LogP contribution in [0.25, 0.3) is 5.65 Å². The summed E-state index contributed by atoms with van der Waals surface area (Å²) in [4.78, 5) is 15.1. The lowest BCUT2D eigenvalue weighted by Crippen LogP contribution is -2.03. The Hall–Kier alpha value is -1.91. The zero-order valence-electron chi connectivity index (χ0n) is 11.3. The fourth-order valence-corrected chi connectivity index (χ4v) is 2.43. The van der Waals surface area contributed by atoms with Crippen LogP contribution in [0.5, 0.6) is 0 Å². The number of aryl methyl sites for hydroxylation is 1. The molecule has 0 atom stereocenters. The first-order valence-electron chi connectivity index (χ1n) is 6.71. The third kappa shape index (κ3) is 2.75. The summed E-state index contributed by atoms with van der Waals surface area (Å²) in [5.74, 6) is -0.420. The molecular weight excluding hydrogens is 242 g/mol. The first kappa shape index (κ1) is 13.5. The molecule has 0 aliphatic rings. The second-order valence-corrected chi connectivity index (χ2v) is 4.66. The van der Waals surface area contributed by atoms with Crippen LogP contribution in [0.3, 0.4) is 0 Å². The molecule has 0 aliphatic heterocycles. The highest BCUT2D eigenvalue weighted by atomic mass is 16.4. The van der Waals surface area contributed by atoms with Gasteiger partial charge in [-0.15, -0.1) is 0 Å². The number of nitrogens with zero attached hydrogens (tertiary/aromatic N) is 3. The van der Waals surface area contributed by atoms with Gasteiger partial charge in [0.15, 0.2) is 5.65 Å². The molecule has 1 N–H and O–H groups in total. The molecule has 2 heterocycles. The number of aromatic nitrogens is 3. The van der Waals surface area contributed by atoms with Crippen LogP contribution in [-0.4, -0.2) is 25.7 Å². The molecule has 0 unspecified atom stereocenters. The van der Waals surface area contributed by atoms with E-state index in [1.54, 1.807) is 10.7 Å². The van der Waals surface area contributed by atoms with Gasteiger partial charge in [-0.25, -0.2) is 9.50 Å². The second-order valence-electron chi connectivity index (χ2n) is 4.66. The smallest absolute Gasteiger partial charge is 0.303 e. The number of fused-ring (bicyclic) bond motifs is 1. The van der Waals surface area contributed by atoms with Crippen molar-refractivity contribution in [3.05, 3.63) is 29.7 Å². The molecule has 0 fully saturated rings. The monoisotopic (exact) mass is 261 g/mol. The van der Waals surface area contributed by atoms with Crippen molar-refractivity contribution < 1.29 is 9.90 Å². The van der Waals surface area contributed by atoms with Crippen LogP contribution in [0, 0.1) is 0 Å². The highest BCUT2D eigenvalue weighted by Crippen LogP contribution is 2.28. The summed E-state index contributed by atoms with van der Waals surface area (Å²) in [6.07, 6.45) is 6.18. The molecule has 2 aromatic rings. The zero-order valence-corrected chi connectivity index (χ0v) is 11.3. The third-order valence-electron chi connectivity index (χ3n) is 3.48. The molecule has 5 heteroatoms. The lowest BCUT2D eigenvalue weighted by Gasteiger charge is -2.10. The van der Waals surface area contributed by atoms with Crippen molar-refractivity contribution in [1.29, 1.82) is 0 Å². The number of carboxylic acid groups (broad SMARTS) is 1. The highest BCUT2D eigenvalue weighted by molar-refractivity contribution is 5.68. The van der Waals surface area contributed by atoms with E-state index in [1.165, 1.54) is 0 Å². The molecule has 0 amide bonds. The fourth-order valence-electron chi connectivity index (χ4n) is 2.43. The summed E-state index contributed by atoms with van der Waals surface area (Å²) >= 11 is 0. The van der Waals surface area contributed by atoms with Crippen molar-refractivity contribution in [2.45, 2.75) is 45.4 Å². The van der Waals surface area contributed by atoms with E-state index in [-0.39, 0.29) is 6.42 Å². The summed E-state index contributed by atoms with van der Waals surface area (Å²) < 4.78 is 1.75. The fraction of sp³-hybridized carbons (Fsp3) is 0.500. The molecule has 0 aliphatic carbocycles. The van der Waals surface area contributed by atoms with Crippen LogP contribution in [0.1, 0.15) is 50.3 Å². The largest absolute Gasteiger partial charge is 0.481 e. The van der Waals surface area contributed by atoms with Crippen LogP contribution >= 0.6 is 0 Å². The first-order valence-corrected chi connectivity index (χ1v) is 6.71. The Balaban J connectivity index is 2.48. The molecule has 2 rings (SSSR count). The molecule has 0 saturated heterocycles. The molecule has 102 valence electrons. The first-order chi connectivity index (χ1) is 9.17. The van der Waals surface area contributed by atoms with Gasteiger partial charge in [-0.1, -0.05) is 13.8 Å². The average Bonchev–Trinajstić information content (AvgIpc) is 2.76. The number of carboxylic acids is 1. The van der Waals surface area contributed by atoms with Gasteiger partial charge in [-0.2, -0.15) is 5.10 Å². The van der Waals surface area contributed by atoms with Gasteiger partial charge < -0.3 is 5.11 Å². The Morgan fingerprint density at radius 2 is 2.16 bits per heavy atom. The van der Waals surface area contributed by atoms with E-state index in [2.05, 4.69) is 23.9 Å². The summed E-state index contributed by atoms with van der Waals surface area (Å²) in [7, 11) is 0. The van der Waals surface area contributed by atoms with Crippen LogP contribution < -0.4 is 0 Å². The number of hydrogen-bond donors (Lipinski definition) is 1. The lowest BCUT2D eigenvalue weighted by atomic mass is 9.94. The minimum atomic E-state index is -0.786. The summed E-state index contributed by atoms with van der Waals surface area (Å²) in [6, 6.07) is 1.83. The predicted molar refractivity (Wildman–Crippen MR) is 72.3 cm³/mol. The van der Waals surface area contributed by atoms with Gasteiger partial charge in [-0.05, 0) is 25.3 Å². The number of rotatable bonds is 6. The van der Waals surface area contributed by atoms with E-state index in [0.29, 0.717) is 12.3 Å². The molecule has 0 bridgehead atoms. The van der Waals surface area contributed by atoms with Gasteiger partial charge in [0.2, 0.25) is 0 Å². The maximum absolute atomic E-state index is 10.8. The Morgan fingerprint density at radius 3 is 2.79 bits per heavy atom. The summed E-state index contributed by atoms with van der Waals surface area (Å²) in [5, 5.41) is 13.5. The molecule has 0 saturated carbocycles. The van der Waals surface area contributed by atoms with Crippen molar-refractivity contribution in [2.75, 3.05) is 0 Å². The molecule has 19 heavy (non-hydrogen) atoms. The van der Waals surface area contributed by atoms with E-state index in [0.717, 1.165) is 29.7 Å².